The summed E-state index contributed by atoms with van der Waals surface area (Å²) in [6.07, 6.45) is 3.21. The fraction of sp³-hybridized carbons (Fsp3) is 0.125. The highest BCUT2D eigenvalue weighted by Gasteiger charge is 2.15. The van der Waals surface area contributed by atoms with Crippen molar-refractivity contribution in [1.82, 2.24) is 24.6 Å². The predicted molar refractivity (Wildman–Crippen MR) is 145 cm³/mol. The van der Waals surface area contributed by atoms with E-state index in [0.29, 0.717) is 34.8 Å². The number of hydrogen-bond acceptors (Lipinski definition) is 11. The number of aromatic nitrogens is 5. The first kappa shape index (κ1) is 25.2. The number of carbonyl (C=O) groups is 1. The van der Waals surface area contributed by atoms with Gasteiger partial charge in [0.05, 0.1) is 16.8 Å². The molecule has 194 valence electrons. The number of primary amides is 1. The monoisotopic (exact) mass is 551 g/mol. The SMILES string of the molecule is NC(=O)c1cc(SNc2ccc(CCCNc3nc(N)n4nc(-c5ccco5)nc4n3)cc2)cc(Cl)c1O. The molecule has 2 aromatic carbocycles. The van der Waals surface area contributed by atoms with E-state index in [4.69, 9.17) is 27.5 Å². The van der Waals surface area contributed by atoms with Crippen LogP contribution in [-0.4, -0.2) is 42.1 Å². The predicted octanol–water partition coefficient (Wildman–Crippen LogP) is 3.98. The second-order valence-electron chi connectivity index (χ2n) is 8.13. The van der Waals surface area contributed by atoms with Gasteiger partial charge in [-0.3, -0.25) is 4.79 Å². The summed E-state index contributed by atoms with van der Waals surface area (Å²) in [4.78, 5) is 25.1. The number of halogens is 1. The summed E-state index contributed by atoms with van der Waals surface area (Å²) in [7, 11) is 0. The number of aromatic hydroxyl groups is 1. The molecule has 0 atom stereocenters. The number of furan rings is 1. The highest BCUT2D eigenvalue weighted by Crippen LogP contribution is 2.33. The second-order valence-corrected chi connectivity index (χ2v) is 9.41. The smallest absolute Gasteiger partial charge is 0.259 e. The molecule has 0 saturated heterocycles. The maximum atomic E-state index is 11.5. The Bertz CT molecular complexity index is 1590. The lowest BCUT2D eigenvalue weighted by atomic mass is 10.1. The lowest BCUT2D eigenvalue weighted by Crippen LogP contribution is -2.11. The molecule has 0 saturated carbocycles. The zero-order valence-electron chi connectivity index (χ0n) is 19.8. The first-order valence-electron chi connectivity index (χ1n) is 11.4. The standard InChI is InChI=1S/C24H22ClN9O3S/c25-17-12-15(11-16(19(17)35)20(26)36)38-33-14-7-5-13(6-8-14)3-1-9-28-23-30-22(27)34-24(31-23)29-21(32-34)18-4-2-10-37-18/h2,4-8,10-12,33,35H,1,3,9H2,(H2,26,36)(H3,27,28,29,30,31,32). The van der Waals surface area contributed by atoms with Crippen molar-refractivity contribution in [3.63, 3.8) is 0 Å². The van der Waals surface area contributed by atoms with Gasteiger partial charge in [-0.15, -0.1) is 5.10 Å². The lowest BCUT2D eigenvalue weighted by Gasteiger charge is -2.10. The van der Waals surface area contributed by atoms with Gasteiger partial charge < -0.3 is 31.0 Å². The molecular formula is C24H22ClN9O3S. The van der Waals surface area contributed by atoms with Gasteiger partial charge in [-0.1, -0.05) is 23.7 Å². The Morgan fingerprint density at radius 1 is 1.16 bits per heavy atom. The first-order valence-corrected chi connectivity index (χ1v) is 12.6. The molecule has 7 N–H and O–H groups in total. The van der Waals surface area contributed by atoms with Crippen molar-refractivity contribution in [2.75, 3.05) is 22.3 Å². The van der Waals surface area contributed by atoms with Gasteiger partial charge in [-0.2, -0.15) is 19.5 Å². The van der Waals surface area contributed by atoms with E-state index in [1.807, 2.05) is 24.3 Å². The molecule has 0 aliphatic heterocycles. The van der Waals surface area contributed by atoms with Crippen LogP contribution in [0.15, 0.2) is 64.1 Å². The van der Waals surface area contributed by atoms with Crippen molar-refractivity contribution in [2.24, 2.45) is 5.73 Å². The van der Waals surface area contributed by atoms with Gasteiger partial charge in [0.25, 0.3) is 11.7 Å². The van der Waals surface area contributed by atoms with E-state index >= 15 is 0 Å². The molecule has 0 radical (unpaired) electrons. The largest absolute Gasteiger partial charge is 0.506 e. The van der Waals surface area contributed by atoms with Crippen LogP contribution in [0.25, 0.3) is 17.4 Å². The van der Waals surface area contributed by atoms with Crippen LogP contribution in [0, 0.1) is 0 Å². The molecule has 3 aromatic heterocycles. The Hall–Kier alpha value is -4.49. The van der Waals surface area contributed by atoms with Crippen molar-refractivity contribution in [3.8, 4) is 17.3 Å². The normalized spacial score (nSPS) is 11.1. The van der Waals surface area contributed by atoms with Crippen LogP contribution < -0.4 is 21.5 Å². The molecule has 0 bridgehead atoms. The highest BCUT2D eigenvalue weighted by atomic mass is 35.5. The number of benzene rings is 2. The van der Waals surface area contributed by atoms with Crippen molar-refractivity contribution < 1.29 is 14.3 Å². The minimum Gasteiger partial charge on any atom is -0.506 e. The average Bonchev–Trinajstić information content (AvgIpc) is 3.58. The van der Waals surface area contributed by atoms with Crippen molar-refractivity contribution in [1.29, 1.82) is 0 Å². The Morgan fingerprint density at radius 3 is 2.71 bits per heavy atom. The van der Waals surface area contributed by atoms with Gasteiger partial charge in [0.2, 0.25) is 17.7 Å². The number of rotatable bonds is 10. The molecule has 0 spiro atoms. The third-order valence-corrected chi connectivity index (χ3v) is 6.54. The highest BCUT2D eigenvalue weighted by molar-refractivity contribution is 8.00. The summed E-state index contributed by atoms with van der Waals surface area (Å²) in [5, 5.41) is 17.4. The molecule has 1 amide bonds. The van der Waals surface area contributed by atoms with Gasteiger partial charge in [0, 0.05) is 17.1 Å². The molecule has 38 heavy (non-hydrogen) atoms. The topological polar surface area (TPSA) is 183 Å². The van der Waals surface area contributed by atoms with Crippen molar-refractivity contribution in [3.05, 3.63) is 70.9 Å². The summed E-state index contributed by atoms with van der Waals surface area (Å²) in [5.41, 5.74) is 13.3. The number of phenols is 1. The molecule has 0 aliphatic rings. The molecule has 5 aromatic rings. The van der Waals surface area contributed by atoms with Gasteiger partial charge in [0.15, 0.2) is 5.76 Å². The van der Waals surface area contributed by atoms with E-state index in [1.165, 1.54) is 22.5 Å². The second kappa shape index (κ2) is 10.9. The number of anilines is 3. The quantitative estimate of drug-likeness (QED) is 0.125. The Kier molecular flexibility index (Phi) is 7.20. The third-order valence-electron chi connectivity index (χ3n) is 5.44. The maximum absolute atomic E-state index is 11.5. The molecule has 14 heteroatoms. The Morgan fingerprint density at radius 2 is 1.97 bits per heavy atom. The summed E-state index contributed by atoms with van der Waals surface area (Å²) >= 11 is 7.24. The van der Waals surface area contributed by atoms with E-state index in [2.05, 4.69) is 30.1 Å². The summed E-state index contributed by atoms with van der Waals surface area (Å²) in [6.45, 7) is 0.633. The maximum Gasteiger partial charge on any atom is 0.259 e. The average molecular weight is 552 g/mol. The number of fused-ring (bicyclic) bond motifs is 1. The molecule has 0 fully saturated rings. The van der Waals surface area contributed by atoms with Crippen LogP contribution in [0.2, 0.25) is 5.02 Å². The van der Waals surface area contributed by atoms with Gasteiger partial charge in [-0.25, -0.2) is 0 Å². The third kappa shape index (κ3) is 5.58. The van der Waals surface area contributed by atoms with E-state index in [-0.39, 0.29) is 22.3 Å². The molecule has 3 heterocycles. The molecule has 0 unspecified atom stereocenters. The van der Waals surface area contributed by atoms with Gasteiger partial charge >= 0.3 is 0 Å². The van der Waals surface area contributed by atoms with E-state index < -0.39 is 5.91 Å². The van der Waals surface area contributed by atoms with Crippen LogP contribution >= 0.6 is 23.5 Å². The van der Waals surface area contributed by atoms with Gasteiger partial charge in [0.1, 0.15) is 5.75 Å². The van der Waals surface area contributed by atoms with Crippen LogP contribution in [0.1, 0.15) is 22.3 Å². The van der Waals surface area contributed by atoms with Crippen LogP contribution in [0.5, 0.6) is 5.75 Å². The number of hydrogen-bond donors (Lipinski definition) is 5. The van der Waals surface area contributed by atoms with Gasteiger partial charge in [-0.05, 0) is 66.8 Å². The fourth-order valence-electron chi connectivity index (χ4n) is 3.57. The van der Waals surface area contributed by atoms with Crippen molar-refractivity contribution >= 4 is 52.8 Å². The molecule has 5 rings (SSSR count). The summed E-state index contributed by atoms with van der Waals surface area (Å²) < 4.78 is 9.88. The molecular weight excluding hydrogens is 530 g/mol. The number of nitrogens with zero attached hydrogens (tertiary/aromatic N) is 5. The Labute approximate surface area is 225 Å². The number of nitrogen functional groups attached to an aromatic ring is 1. The van der Waals surface area contributed by atoms with E-state index in [0.717, 1.165) is 24.1 Å². The number of carbonyl (C=O) groups excluding carboxylic acids is 1. The lowest BCUT2D eigenvalue weighted by molar-refractivity contribution is 0.0997. The van der Waals surface area contributed by atoms with E-state index in [9.17, 15) is 9.90 Å². The van der Waals surface area contributed by atoms with E-state index in [1.54, 1.807) is 24.5 Å². The number of nitrogens with two attached hydrogens (primary N) is 2. The first-order chi connectivity index (χ1) is 18.4. The fourth-order valence-corrected chi connectivity index (χ4v) is 4.58. The minimum absolute atomic E-state index is 0.0288. The number of aryl methyl sites for hydroxylation is 1. The zero-order chi connectivity index (χ0) is 26.6. The van der Waals surface area contributed by atoms with Crippen LogP contribution in [0.3, 0.4) is 0 Å². The van der Waals surface area contributed by atoms with Crippen molar-refractivity contribution in [2.45, 2.75) is 17.7 Å². The number of nitrogens with one attached hydrogen (secondary N) is 2. The Balaban J connectivity index is 1.12. The summed E-state index contributed by atoms with van der Waals surface area (Å²) in [6, 6.07) is 14.5. The molecule has 0 aliphatic carbocycles. The van der Waals surface area contributed by atoms with Crippen LogP contribution in [-0.2, 0) is 6.42 Å². The zero-order valence-corrected chi connectivity index (χ0v) is 21.3. The minimum atomic E-state index is -0.751. The molecule has 12 nitrogen and oxygen atoms in total. The van der Waals surface area contributed by atoms with Crippen LogP contribution in [0.4, 0.5) is 17.6 Å². The number of amides is 1. The summed E-state index contributed by atoms with van der Waals surface area (Å²) in [5.74, 6) is 0.698.